The smallest absolute Gasteiger partial charge is 0.345 e. The second kappa shape index (κ2) is 6.19. The molecule has 1 aliphatic rings. The third kappa shape index (κ3) is 3.47. The third-order valence-electron chi connectivity index (χ3n) is 3.27. The van der Waals surface area contributed by atoms with E-state index in [-0.39, 0.29) is 11.9 Å². The van der Waals surface area contributed by atoms with E-state index in [9.17, 15) is 8.42 Å². The standard InChI is InChI=1S/C15H14ClN3O3S/c1-11-10-14(12-5-7-13(16)8-6-12)18-19(11)23(20,21)22-15-4-2-3-9-17-15/h2-10,14,18H,1H3. The Bertz CT molecular complexity index is 823. The first-order chi connectivity index (χ1) is 11.0. The molecular weight excluding hydrogens is 338 g/mol. The lowest BCUT2D eigenvalue weighted by atomic mass is 10.1. The molecule has 120 valence electrons. The summed E-state index contributed by atoms with van der Waals surface area (Å²) in [5.74, 6) is 0.0112. The Kier molecular flexibility index (Phi) is 4.25. The van der Waals surface area contributed by atoms with Crippen molar-refractivity contribution in [1.82, 2.24) is 14.8 Å². The molecule has 1 aromatic heterocycles. The average molecular weight is 352 g/mol. The first-order valence-electron chi connectivity index (χ1n) is 6.81. The van der Waals surface area contributed by atoms with Crippen molar-refractivity contribution in [3.05, 3.63) is 71.0 Å². The van der Waals surface area contributed by atoms with Gasteiger partial charge in [0.05, 0.1) is 6.04 Å². The van der Waals surface area contributed by atoms with Gasteiger partial charge in [0.1, 0.15) is 0 Å². The molecule has 0 spiro atoms. The summed E-state index contributed by atoms with van der Waals surface area (Å²) < 4.78 is 30.8. The van der Waals surface area contributed by atoms with Crippen molar-refractivity contribution in [3.8, 4) is 5.88 Å². The van der Waals surface area contributed by atoms with E-state index in [1.54, 1.807) is 37.3 Å². The van der Waals surface area contributed by atoms with E-state index in [1.807, 2.05) is 12.1 Å². The molecule has 2 heterocycles. The van der Waals surface area contributed by atoms with E-state index in [4.69, 9.17) is 15.8 Å². The summed E-state index contributed by atoms with van der Waals surface area (Å²) in [6, 6.07) is 11.7. The zero-order valence-electron chi connectivity index (χ0n) is 12.2. The lowest BCUT2D eigenvalue weighted by Gasteiger charge is -2.21. The van der Waals surface area contributed by atoms with Gasteiger partial charge in [0.15, 0.2) is 0 Å². The third-order valence-corrected chi connectivity index (χ3v) is 4.74. The van der Waals surface area contributed by atoms with Gasteiger partial charge >= 0.3 is 10.3 Å². The minimum atomic E-state index is -4.05. The number of nitrogens with zero attached hydrogens (tertiary/aromatic N) is 2. The second-order valence-corrected chi connectivity index (χ2v) is 6.76. The highest BCUT2D eigenvalue weighted by Gasteiger charge is 2.32. The van der Waals surface area contributed by atoms with Crippen LogP contribution in [-0.2, 0) is 10.3 Å². The predicted octanol–water partition coefficient (Wildman–Crippen LogP) is 2.82. The van der Waals surface area contributed by atoms with Gasteiger partial charge < -0.3 is 4.18 Å². The highest BCUT2D eigenvalue weighted by molar-refractivity contribution is 7.84. The van der Waals surface area contributed by atoms with Gasteiger partial charge in [0.2, 0.25) is 5.88 Å². The van der Waals surface area contributed by atoms with Crippen LogP contribution in [0.15, 0.2) is 60.4 Å². The summed E-state index contributed by atoms with van der Waals surface area (Å²) in [5, 5.41) is 0.621. The van der Waals surface area contributed by atoms with Crippen LogP contribution in [-0.4, -0.2) is 17.8 Å². The molecule has 0 amide bonds. The number of rotatable bonds is 4. The molecule has 1 aromatic carbocycles. The van der Waals surface area contributed by atoms with Crippen LogP contribution in [0.4, 0.5) is 0 Å². The number of allylic oxidation sites excluding steroid dienone is 1. The van der Waals surface area contributed by atoms with Crippen molar-refractivity contribution in [2.24, 2.45) is 0 Å². The van der Waals surface area contributed by atoms with Gasteiger partial charge in [-0.05, 0) is 36.8 Å². The quantitative estimate of drug-likeness (QED) is 0.917. The molecule has 0 saturated heterocycles. The first-order valence-corrected chi connectivity index (χ1v) is 8.56. The molecule has 0 aliphatic carbocycles. The van der Waals surface area contributed by atoms with Gasteiger partial charge in [-0.3, -0.25) is 0 Å². The molecule has 0 radical (unpaired) electrons. The maximum atomic E-state index is 12.4. The summed E-state index contributed by atoms with van der Waals surface area (Å²) in [6.45, 7) is 1.68. The summed E-state index contributed by atoms with van der Waals surface area (Å²) in [6.07, 6.45) is 3.25. The monoisotopic (exact) mass is 351 g/mol. The summed E-state index contributed by atoms with van der Waals surface area (Å²) in [4.78, 5) is 3.86. The number of hydrazine groups is 1. The molecule has 0 bridgehead atoms. The molecule has 1 unspecified atom stereocenters. The maximum absolute atomic E-state index is 12.4. The number of pyridine rings is 1. The fourth-order valence-corrected chi connectivity index (χ4v) is 3.37. The topological polar surface area (TPSA) is 71.5 Å². The molecule has 1 atom stereocenters. The molecule has 2 aromatic rings. The van der Waals surface area contributed by atoms with Crippen LogP contribution in [0, 0.1) is 0 Å². The van der Waals surface area contributed by atoms with E-state index in [0.29, 0.717) is 10.7 Å². The van der Waals surface area contributed by atoms with Gasteiger partial charge in [-0.15, -0.1) is 0 Å². The fraction of sp³-hybridized carbons (Fsp3) is 0.133. The molecule has 0 fully saturated rings. The van der Waals surface area contributed by atoms with Crippen molar-refractivity contribution >= 4 is 21.9 Å². The Morgan fingerprint density at radius 1 is 1.22 bits per heavy atom. The first kappa shape index (κ1) is 15.8. The van der Waals surface area contributed by atoms with E-state index >= 15 is 0 Å². The Hall–Kier alpha value is -2.09. The zero-order chi connectivity index (χ0) is 16.4. The molecule has 1 N–H and O–H groups in total. The van der Waals surface area contributed by atoms with Crippen molar-refractivity contribution in [1.29, 1.82) is 0 Å². The number of halogens is 1. The van der Waals surface area contributed by atoms with Gasteiger partial charge in [-0.1, -0.05) is 29.8 Å². The zero-order valence-corrected chi connectivity index (χ0v) is 13.8. The summed E-state index contributed by atoms with van der Waals surface area (Å²) >= 11 is 5.87. The summed E-state index contributed by atoms with van der Waals surface area (Å²) in [5.41, 5.74) is 4.30. The Labute approximate surface area is 139 Å². The van der Waals surface area contributed by atoms with Crippen LogP contribution >= 0.6 is 11.6 Å². The van der Waals surface area contributed by atoms with E-state index in [1.165, 1.54) is 12.3 Å². The minimum Gasteiger partial charge on any atom is -0.345 e. The second-order valence-electron chi connectivity index (χ2n) is 4.94. The van der Waals surface area contributed by atoms with Crippen molar-refractivity contribution in [3.63, 3.8) is 0 Å². The van der Waals surface area contributed by atoms with Crippen molar-refractivity contribution < 1.29 is 12.6 Å². The Balaban J connectivity index is 1.79. The van der Waals surface area contributed by atoms with Crippen molar-refractivity contribution in [2.45, 2.75) is 13.0 Å². The van der Waals surface area contributed by atoms with Gasteiger partial charge in [0.25, 0.3) is 0 Å². The van der Waals surface area contributed by atoms with Crippen LogP contribution in [0.2, 0.25) is 5.02 Å². The highest BCUT2D eigenvalue weighted by Crippen LogP contribution is 2.27. The number of benzene rings is 1. The SMILES string of the molecule is CC1=CC(c2ccc(Cl)cc2)NN1S(=O)(=O)Oc1ccccn1. The van der Waals surface area contributed by atoms with E-state index in [2.05, 4.69) is 10.4 Å². The molecular formula is C15H14ClN3O3S. The van der Waals surface area contributed by atoms with Crippen LogP contribution in [0.1, 0.15) is 18.5 Å². The lowest BCUT2D eigenvalue weighted by molar-refractivity contribution is 0.336. The molecule has 8 heteroatoms. The fourth-order valence-electron chi connectivity index (χ4n) is 2.20. The Morgan fingerprint density at radius 2 is 1.96 bits per heavy atom. The maximum Gasteiger partial charge on any atom is 0.424 e. The lowest BCUT2D eigenvalue weighted by Crippen LogP contribution is -2.40. The Morgan fingerprint density at radius 3 is 2.61 bits per heavy atom. The predicted molar refractivity (Wildman–Crippen MR) is 86.7 cm³/mol. The molecule has 6 nitrogen and oxygen atoms in total. The number of aromatic nitrogens is 1. The average Bonchev–Trinajstić information content (AvgIpc) is 2.91. The number of hydrogen-bond donors (Lipinski definition) is 1. The van der Waals surface area contributed by atoms with Gasteiger partial charge in [-0.25, -0.2) is 10.4 Å². The van der Waals surface area contributed by atoms with Crippen LogP contribution < -0.4 is 9.61 Å². The normalized spacial score (nSPS) is 17.9. The van der Waals surface area contributed by atoms with Crippen LogP contribution in [0.5, 0.6) is 5.88 Å². The van der Waals surface area contributed by atoms with Crippen LogP contribution in [0.25, 0.3) is 0 Å². The highest BCUT2D eigenvalue weighted by atomic mass is 35.5. The molecule has 23 heavy (non-hydrogen) atoms. The van der Waals surface area contributed by atoms with E-state index < -0.39 is 10.3 Å². The number of nitrogens with one attached hydrogen (secondary N) is 1. The van der Waals surface area contributed by atoms with Gasteiger partial charge in [-0.2, -0.15) is 12.8 Å². The van der Waals surface area contributed by atoms with E-state index in [0.717, 1.165) is 9.98 Å². The summed E-state index contributed by atoms with van der Waals surface area (Å²) in [7, 11) is -4.05. The molecule has 1 aliphatic heterocycles. The van der Waals surface area contributed by atoms with Gasteiger partial charge in [0, 0.05) is 23.0 Å². The van der Waals surface area contributed by atoms with Crippen LogP contribution in [0.3, 0.4) is 0 Å². The number of hydrogen-bond acceptors (Lipinski definition) is 5. The molecule has 3 rings (SSSR count). The molecule has 0 saturated carbocycles. The largest absolute Gasteiger partial charge is 0.424 e. The minimum absolute atomic E-state index is 0.0112. The van der Waals surface area contributed by atoms with Crippen molar-refractivity contribution in [2.75, 3.05) is 0 Å².